The molecule has 54 heavy (non-hydrogen) atoms. The van der Waals surface area contributed by atoms with E-state index in [1.165, 1.54) is 109 Å². The largest absolute Gasteiger partial charge is 0.477 e. The van der Waals surface area contributed by atoms with E-state index in [0.717, 1.165) is 57.8 Å². The van der Waals surface area contributed by atoms with Gasteiger partial charge in [0, 0.05) is 19.3 Å². The second kappa shape index (κ2) is 37.7. The maximum absolute atomic E-state index is 12.7. The standard InChI is InChI=1S/C46H85NO7/c1-6-8-10-12-14-16-18-20-21-22-23-24-25-27-29-31-33-35-37-45(49)54-42(40-52-39-38-43(46(50)51)47(3,4)5)41-53-44(48)36-34-32-30-28-26-19-17-15-13-11-9-7-2/h21-24,42-43H,6-20,25-41H2,1-5H3/p+1/b22-21+,24-23+. The summed E-state index contributed by atoms with van der Waals surface area (Å²) in [5.74, 6) is -1.48. The average Bonchev–Trinajstić information content (AvgIpc) is 3.12. The number of carboxylic acid groups (broad SMARTS) is 1. The molecule has 0 fully saturated rings. The minimum Gasteiger partial charge on any atom is -0.477 e. The van der Waals surface area contributed by atoms with Gasteiger partial charge < -0.3 is 23.8 Å². The van der Waals surface area contributed by atoms with Gasteiger partial charge in [-0.25, -0.2) is 4.79 Å². The molecule has 8 heteroatoms. The molecule has 0 heterocycles. The highest BCUT2D eigenvalue weighted by Crippen LogP contribution is 2.15. The van der Waals surface area contributed by atoms with Gasteiger partial charge in [0.1, 0.15) is 6.61 Å². The molecule has 0 radical (unpaired) electrons. The summed E-state index contributed by atoms with van der Waals surface area (Å²) in [7, 11) is 5.52. The van der Waals surface area contributed by atoms with Crippen LogP contribution >= 0.6 is 0 Å². The molecule has 0 aromatic carbocycles. The zero-order chi connectivity index (χ0) is 40.0. The number of ether oxygens (including phenoxy) is 3. The van der Waals surface area contributed by atoms with Crippen molar-refractivity contribution in [2.45, 2.75) is 212 Å². The molecule has 2 atom stereocenters. The van der Waals surface area contributed by atoms with Crippen LogP contribution in [0.15, 0.2) is 24.3 Å². The monoisotopic (exact) mass is 765 g/mol. The van der Waals surface area contributed by atoms with Gasteiger partial charge in [-0.1, -0.05) is 167 Å². The lowest BCUT2D eigenvalue weighted by Gasteiger charge is -2.31. The number of quaternary nitrogens is 1. The lowest BCUT2D eigenvalue weighted by Crippen LogP contribution is -2.50. The molecule has 0 aromatic rings. The average molecular weight is 765 g/mol. The van der Waals surface area contributed by atoms with Crippen LogP contribution in [0.3, 0.4) is 0 Å². The third-order valence-corrected chi connectivity index (χ3v) is 10.1. The molecular formula is C46H86NO7+. The SMILES string of the molecule is CCCCCCCCC/C=C/C=C/CCCCCCCC(=O)OC(COCCC(C(=O)O)[N+](C)(C)C)COC(=O)CCCCCCCCCCCCCC. The van der Waals surface area contributed by atoms with Gasteiger partial charge in [-0.15, -0.1) is 0 Å². The fourth-order valence-electron chi connectivity index (χ4n) is 6.61. The van der Waals surface area contributed by atoms with Crippen molar-refractivity contribution in [3.63, 3.8) is 0 Å². The minimum absolute atomic E-state index is 0.0532. The van der Waals surface area contributed by atoms with Crippen molar-refractivity contribution in [1.82, 2.24) is 0 Å². The molecule has 0 saturated carbocycles. The number of esters is 2. The smallest absolute Gasteiger partial charge is 0.362 e. The van der Waals surface area contributed by atoms with E-state index in [9.17, 15) is 19.5 Å². The molecule has 8 nitrogen and oxygen atoms in total. The molecule has 0 aliphatic rings. The molecule has 0 saturated heterocycles. The number of unbranched alkanes of at least 4 members (excludes halogenated alkanes) is 23. The Morgan fingerprint density at radius 3 is 1.39 bits per heavy atom. The molecule has 0 bridgehead atoms. The van der Waals surface area contributed by atoms with E-state index in [2.05, 4.69) is 38.2 Å². The van der Waals surface area contributed by atoms with Gasteiger partial charge in [-0.05, 0) is 38.5 Å². The van der Waals surface area contributed by atoms with Gasteiger partial charge in [-0.2, -0.15) is 0 Å². The van der Waals surface area contributed by atoms with Crippen LogP contribution in [0.5, 0.6) is 0 Å². The first kappa shape index (κ1) is 51.8. The van der Waals surface area contributed by atoms with Gasteiger partial charge in [0.15, 0.2) is 12.1 Å². The molecule has 0 rings (SSSR count). The van der Waals surface area contributed by atoms with Crippen molar-refractivity contribution in [3.8, 4) is 0 Å². The Labute approximate surface area is 332 Å². The van der Waals surface area contributed by atoms with Crippen molar-refractivity contribution in [3.05, 3.63) is 24.3 Å². The Hall–Kier alpha value is -2.19. The molecule has 0 spiro atoms. The number of hydrogen-bond acceptors (Lipinski definition) is 6. The molecule has 316 valence electrons. The predicted octanol–water partition coefficient (Wildman–Crippen LogP) is 12.1. The van der Waals surface area contributed by atoms with Crippen molar-refractivity contribution >= 4 is 17.9 Å². The Balaban J connectivity index is 4.35. The summed E-state index contributed by atoms with van der Waals surface area (Å²) in [6.07, 6.45) is 40.7. The second-order valence-corrected chi connectivity index (χ2v) is 16.3. The summed E-state index contributed by atoms with van der Waals surface area (Å²) >= 11 is 0. The molecule has 0 aliphatic carbocycles. The van der Waals surface area contributed by atoms with Crippen molar-refractivity contribution < 1.29 is 38.2 Å². The number of carbonyl (C=O) groups excluding carboxylic acids is 2. The van der Waals surface area contributed by atoms with Gasteiger partial charge in [0.05, 0.1) is 34.4 Å². The third kappa shape index (κ3) is 35.5. The molecule has 0 aliphatic heterocycles. The van der Waals surface area contributed by atoms with Crippen LogP contribution in [0, 0.1) is 0 Å². The molecule has 0 amide bonds. The van der Waals surface area contributed by atoms with Crippen LogP contribution in [-0.2, 0) is 28.6 Å². The number of likely N-dealkylation sites (N-methyl/N-ethyl adjacent to an activating group) is 1. The maximum atomic E-state index is 12.7. The highest BCUT2D eigenvalue weighted by molar-refractivity contribution is 5.72. The summed E-state index contributed by atoms with van der Waals surface area (Å²) in [6, 6.07) is -0.614. The first-order valence-corrected chi connectivity index (χ1v) is 22.4. The quantitative estimate of drug-likeness (QED) is 0.0287. The topological polar surface area (TPSA) is 99.1 Å². The normalized spacial score (nSPS) is 13.1. The van der Waals surface area contributed by atoms with Crippen LogP contribution in [0.2, 0.25) is 0 Å². The Morgan fingerprint density at radius 1 is 0.556 bits per heavy atom. The Bertz CT molecular complexity index is 942. The van der Waals surface area contributed by atoms with Gasteiger partial charge in [-0.3, -0.25) is 9.59 Å². The molecule has 0 aromatic heterocycles. The van der Waals surface area contributed by atoms with E-state index in [1.54, 1.807) is 0 Å². The summed E-state index contributed by atoms with van der Waals surface area (Å²) in [5, 5.41) is 9.61. The van der Waals surface area contributed by atoms with E-state index < -0.39 is 18.1 Å². The number of hydrogen-bond donors (Lipinski definition) is 1. The third-order valence-electron chi connectivity index (χ3n) is 10.1. The molecular weight excluding hydrogens is 679 g/mol. The number of aliphatic carboxylic acids is 1. The van der Waals surface area contributed by atoms with Crippen LogP contribution < -0.4 is 0 Å². The number of allylic oxidation sites excluding steroid dienone is 4. The van der Waals surface area contributed by atoms with E-state index in [4.69, 9.17) is 14.2 Å². The highest BCUT2D eigenvalue weighted by Gasteiger charge is 2.31. The Kier molecular flexibility index (Phi) is 36.2. The summed E-state index contributed by atoms with van der Waals surface area (Å²) < 4.78 is 17.3. The molecule has 1 N–H and O–H groups in total. The predicted molar refractivity (Wildman–Crippen MR) is 225 cm³/mol. The summed E-state index contributed by atoms with van der Waals surface area (Å²) in [5.41, 5.74) is 0. The zero-order valence-corrected chi connectivity index (χ0v) is 35.9. The fourth-order valence-corrected chi connectivity index (χ4v) is 6.61. The number of nitrogens with zero attached hydrogens (tertiary/aromatic N) is 1. The van der Waals surface area contributed by atoms with Crippen molar-refractivity contribution in [1.29, 1.82) is 0 Å². The first-order valence-electron chi connectivity index (χ1n) is 22.4. The van der Waals surface area contributed by atoms with Crippen molar-refractivity contribution in [2.75, 3.05) is 41.0 Å². The number of carbonyl (C=O) groups is 3. The lowest BCUT2D eigenvalue weighted by atomic mass is 10.0. The highest BCUT2D eigenvalue weighted by atomic mass is 16.6. The van der Waals surface area contributed by atoms with Gasteiger partial charge >= 0.3 is 17.9 Å². The van der Waals surface area contributed by atoms with Gasteiger partial charge in [0.2, 0.25) is 0 Å². The Morgan fingerprint density at radius 2 is 0.963 bits per heavy atom. The fraction of sp³-hybridized carbons (Fsp3) is 0.848. The van der Waals surface area contributed by atoms with Crippen LogP contribution in [0.1, 0.15) is 200 Å². The first-order chi connectivity index (χ1) is 26.1. The lowest BCUT2D eigenvalue weighted by molar-refractivity contribution is -0.887. The summed E-state index contributed by atoms with van der Waals surface area (Å²) in [4.78, 5) is 36.9. The minimum atomic E-state index is -0.876. The number of carboxylic acids is 1. The van der Waals surface area contributed by atoms with Crippen LogP contribution in [0.4, 0.5) is 0 Å². The van der Waals surface area contributed by atoms with E-state index in [0.29, 0.717) is 19.3 Å². The summed E-state index contributed by atoms with van der Waals surface area (Å²) in [6.45, 7) is 4.72. The zero-order valence-electron chi connectivity index (χ0n) is 35.9. The number of rotatable bonds is 40. The maximum Gasteiger partial charge on any atom is 0.362 e. The van der Waals surface area contributed by atoms with E-state index in [1.807, 2.05) is 21.1 Å². The van der Waals surface area contributed by atoms with E-state index >= 15 is 0 Å². The van der Waals surface area contributed by atoms with Crippen LogP contribution in [0.25, 0.3) is 0 Å². The second-order valence-electron chi connectivity index (χ2n) is 16.3. The van der Waals surface area contributed by atoms with Gasteiger partial charge in [0.25, 0.3) is 0 Å². The molecule has 2 unspecified atom stereocenters. The van der Waals surface area contributed by atoms with Crippen LogP contribution in [-0.4, -0.2) is 80.6 Å². The van der Waals surface area contributed by atoms with E-state index in [-0.39, 0.29) is 36.2 Å². The van der Waals surface area contributed by atoms with Crippen molar-refractivity contribution in [2.24, 2.45) is 0 Å².